The van der Waals surface area contributed by atoms with E-state index >= 15 is 0 Å². The van der Waals surface area contributed by atoms with Crippen LogP contribution in [0.4, 0.5) is 18.9 Å². The van der Waals surface area contributed by atoms with Gasteiger partial charge in [-0.25, -0.2) is 4.39 Å². The van der Waals surface area contributed by atoms with Gasteiger partial charge in [0.1, 0.15) is 0 Å². The molecule has 0 radical (unpaired) electrons. The maximum absolute atomic E-state index is 13.7. The summed E-state index contributed by atoms with van der Waals surface area (Å²) in [6.45, 7) is 3.67. The van der Waals surface area contributed by atoms with Gasteiger partial charge in [0, 0.05) is 17.8 Å². The van der Waals surface area contributed by atoms with E-state index in [0.717, 1.165) is 12.8 Å². The molecule has 1 aliphatic rings. The molecule has 1 aromatic carbocycles. The lowest BCUT2D eigenvalue weighted by molar-refractivity contribution is -0.0521. The average molecular weight is 301 g/mol. The zero-order chi connectivity index (χ0) is 15.6. The van der Waals surface area contributed by atoms with Crippen molar-refractivity contribution < 1.29 is 17.9 Å². The zero-order valence-corrected chi connectivity index (χ0v) is 12.6. The summed E-state index contributed by atoms with van der Waals surface area (Å²) >= 11 is 0. The molecule has 0 spiro atoms. The van der Waals surface area contributed by atoms with Crippen molar-refractivity contribution in [3.8, 4) is 5.75 Å². The molecule has 0 amide bonds. The number of anilines is 1. The first-order valence-corrected chi connectivity index (χ1v) is 7.26. The zero-order valence-electron chi connectivity index (χ0n) is 12.6. The van der Waals surface area contributed by atoms with E-state index in [0.29, 0.717) is 11.6 Å². The molecule has 118 valence electrons. The topological polar surface area (TPSA) is 21.3 Å². The molecule has 2 atom stereocenters. The number of hydrogen-bond donors (Lipinski definition) is 1. The van der Waals surface area contributed by atoms with E-state index in [1.54, 1.807) is 6.07 Å². The standard InChI is InChI=1S/C16H22F3NO/c1-10-6-12(9-16(2,3)8-10)20-11-4-5-14(13(17)7-11)21-15(18)19/h4-5,7,10,12,15,20H,6,8-9H2,1-3H3. The number of rotatable bonds is 4. The van der Waals surface area contributed by atoms with Crippen molar-refractivity contribution in [3.63, 3.8) is 0 Å². The molecule has 1 N–H and O–H groups in total. The molecule has 1 fully saturated rings. The van der Waals surface area contributed by atoms with Gasteiger partial charge in [-0.3, -0.25) is 0 Å². The highest BCUT2D eigenvalue weighted by Gasteiger charge is 2.31. The van der Waals surface area contributed by atoms with Crippen LogP contribution in [0.2, 0.25) is 0 Å². The summed E-state index contributed by atoms with van der Waals surface area (Å²) in [6.07, 6.45) is 3.22. The predicted molar refractivity (Wildman–Crippen MR) is 77.2 cm³/mol. The Kier molecular flexibility index (Phi) is 4.69. The minimum atomic E-state index is -3.02. The summed E-state index contributed by atoms with van der Waals surface area (Å²) in [6, 6.07) is 4.29. The third kappa shape index (κ3) is 4.55. The molecule has 1 aliphatic carbocycles. The highest BCUT2D eigenvalue weighted by molar-refractivity contribution is 5.48. The molecule has 2 unspecified atom stereocenters. The lowest BCUT2D eigenvalue weighted by atomic mass is 9.70. The van der Waals surface area contributed by atoms with Crippen molar-refractivity contribution in [1.29, 1.82) is 0 Å². The van der Waals surface area contributed by atoms with E-state index in [2.05, 4.69) is 30.8 Å². The first kappa shape index (κ1) is 16.0. The fourth-order valence-corrected chi connectivity index (χ4v) is 3.47. The summed E-state index contributed by atoms with van der Waals surface area (Å²) in [4.78, 5) is 0. The largest absolute Gasteiger partial charge is 0.432 e. The molecule has 5 heteroatoms. The summed E-state index contributed by atoms with van der Waals surface area (Å²) in [5.41, 5.74) is 0.857. The molecule has 0 bridgehead atoms. The van der Waals surface area contributed by atoms with Crippen LogP contribution in [-0.2, 0) is 0 Å². The van der Waals surface area contributed by atoms with Crippen LogP contribution in [0.5, 0.6) is 5.75 Å². The second-order valence-corrected chi connectivity index (χ2v) is 6.78. The van der Waals surface area contributed by atoms with Gasteiger partial charge in [-0.15, -0.1) is 0 Å². The first-order valence-electron chi connectivity index (χ1n) is 7.26. The number of nitrogens with one attached hydrogen (secondary N) is 1. The van der Waals surface area contributed by atoms with Gasteiger partial charge in [0.15, 0.2) is 11.6 Å². The second kappa shape index (κ2) is 6.16. The Labute approximate surface area is 123 Å². The predicted octanol–water partition coefficient (Wildman–Crippen LogP) is 5.05. The van der Waals surface area contributed by atoms with Gasteiger partial charge in [0.05, 0.1) is 0 Å². The molecular formula is C16H22F3NO. The van der Waals surface area contributed by atoms with Crippen LogP contribution in [0.3, 0.4) is 0 Å². The van der Waals surface area contributed by atoms with Crippen LogP contribution in [-0.4, -0.2) is 12.7 Å². The number of ether oxygens (including phenoxy) is 1. The van der Waals surface area contributed by atoms with Crippen molar-refractivity contribution in [2.75, 3.05) is 5.32 Å². The fourth-order valence-electron chi connectivity index (χ4n) is 3.47. The van der Waals surface area contributed by atoms with E-state index < -0.39 is 18.2 Å². The molecule has 2 nitrogen and oxygen atoms in total. The maximum Gasteiger partial charge on any atom is 0.387 e. The molecule has 0 aliphatic heterocycles. The summed E-state index contributed by atoms with van der Waals surface area (Å²) in [7, 11) is 0. The normalized spacial score (nSPS) is 24.9. The van der Waals surface area contributed by atoms with Crippen LogP contribution >= 0.6 is 0 Å². The molecular weight excluding hydrogens is 279 g/mol. The van der Waals surface area contributed by atoms with Crippen LogP contribution in [0.25, 0.3) is 0 Å². The monoisotopic (exact) mass is 301 g/mol. The highest BCUT2D eigenvalue weighted by atomic mass is 19.3. The molecule has 2 rings (SSSR count). The smallest absolute Gasteiger partial charge is 0.387 e. The van der Waals surface area contributed by atoms with Crippen molar-refractivity contribution in [3.05, 3.63) is 24.0 Å². The van der Waals surface area contributed by atoms with Gasteiger partial charge in [-0.1, -0.05) is 20.8 Å². The molecule has 0 heterocycles. The van der Waals surface area contributed by atoms with Gasteiger partial charge in [0.2, 0.25) is 0 Å². The molecule has 0 aromatic heterocycles. The second-order valence-electron chi connectivity index (χ2n) is 6.78. The quantitative estimate of drug-likeness (QED) is 0.840. The number of halogens is 3. The van der Waals surface area contributed by atoms with Crippen molar-refractivity contribution in [1.82, 2.24) is 0 Å². The Morgan fingerprint density at radius 2 is 2.00 bits per heavy atom. The van der Waals surface area contributed by atoms with Crippen molar-refractivity contribution >= 4 is 5.69 Å². The average Bonchev–Trinajstić information content (AvgIpc) is 2.29. The maximum atomic E-state index is 13.7. The first-order chi connectivity index (χ1) is 9.75. The van der Waals surface area contributed by atoms with Gasteiger partial charge < -0.3 is 10.1 Å². The Balaban J connectivity index is 2.04. The molecule has 0 saturated heterocycles. The summed E-state index contributed by atoms with van der Waals surface area (Å²) in [5.74, 6) is -0.589. The van der Waals surface area contributed by atoms with Crippen LogP contribution in [0.15, 0.2) is 18.2 Å². The third-order valence-corrected chi connectivity index (χ3v) is 3.91. The Morgan fingerprint density at radius 1 is 1.29 bits per heavy atom. The number of hydrogen-bond acceptors (Lipinski definition) is 2. The number of benzene rings is 1. The number of alkyl halides is 2. The van der Waals surface area contributed by atoms with E-state index in [1.165, 1.54) is 18.6 Å². The minimum absolute atomic E-state index is 0.257. The Bertz CT molecular complexity index is 490. The van der Waals surface area contributed by atoms with Crippen LogP contribution < -0.4 is 10.1 Å². The van der Waals surface area contributed by atoms with Crippen molar-refractivity contribution in [2.24, 2.45) is 11.3 Å². The SMILES string of the molecule is CC1CC(Nc2ccc(OC(F)F)c(F)c2)CC(C)(C)C1. The van der Waals surface area contributed by atoms with Gasteiger partial charge in [-0.05, 0) is 42.7 Å². The van der Waals surface area contributed by atoms with E-state index in [9.17, 15) is 13.2 Å². The summed E-state index contributed by atoms with van der Waals surface area (Å²) in [5, 5.41) is 3.31. The Morgan fingerprint density at radius 3 is 2.57 bits per heavy atom. The fraction of sp³-hybridized carbons (Fsp3) is 0.625. The Hall–Kier alpha value is -1.39. The van der Waals surface area contributed by atoms with E-state index in [1.807, 2.05) is 0 Å². The molecule has 1 saturated carbocycles. The van der Waals surface area contributed by atoms with Gasteiger partial charge in [-0.2, -0.15) is 8.78 Å². The molecule has 1 aromatic rings. The third-order valence-electron chi connectivity index (χ3n) is 3.91. The van der Waals surface area contributed by atoms with Crippen LogP contribution in [0, 0.1) is 17.2 Å². The van der Waals surface area contributed by atoms with E-state index in [-0.39, 0.29) is 11.5 Å². The molecule has 21 heavy (non-hydrogen) atoms. The van der Waals surface area contributed by atoms with E-state index in [4.69, 9.17) is 0 Å². The summed E-state index contributed by atoms with van der Waals surface area (Å²) < 4.78 is 42.0. The highest BCUT2D eigenvalue weighted by Crippen LogP contribution is 2.39. The lowest BCUT2D eigenvalue weighted by Crippen LogP contribution is -2.35. The van der Waals surface area contributed by atoms with Crippen molar-refractivity contribution in [2.45, 2.75) is 52.7 Å². The van der Waals surface area contributed by atoms with Crippen LogP contribution in [0.1, 0.15) is 40.0 Å². The lowest BCUT2D eigenvalue weighted by Gasteiger charge is -2.39. The minimum Gasteiger partial charge on any atom is -0.432 e. The van der Waals surface area contributed by atoms with Gasteiger partial charge in [0.25, 0.3) is 0 Å². The van der Waals surface area contributed by atoms with Gasteiger partial charge >= 0.3 is 6.61 Å².